The van der Waals surface area contributed by atoms with Crippen LogP contribution in [0.25, 0.3) is 0 Å². The number of rotatable bonds is 4. The molecule has 9 heavy (non-hydrogen) atoms. The van der Waals surface area contributed by atoms with Gasteiger partial charge in [0.1, 0.15) is 5.78 Å². The van der Waals surface area contributed by atoms with Crippen molar-refractivity contribution < 1.29 is 4.79 Å². The Balaban J connectivity index is 3.58. The first-order valence-electron chi connectivity index (χ1n) is 3.37. The fourth-order valence-corrected chi connectivity index (χ4v) is 0.606. The van der Waals surface area contributed by atoms with E-state index in [9.17, 15) is 4.79 Å². The molecule has 1 heteroatoms. The first kappa shape index (κ1) is 8.41. The van der Waals surface area contributed by atoms with Crippen LogP contribution in [-0.4, -0.2) is 5.78 Å². The molecule has 0 N–H and O–H groups in total. The van der Waals surface area contributed by atoms with Crippen LogP contribution < -0.4 is 0 Å². The Morgan fingerprint density at radius 2 is 2.33 bits per heavy atom. The number of allylic oxidation sites excluding steroid dienone is 1. The topological polar surface area (TPSA) is 17.1 Å². The molecule has 0 fully saturated rings. The molecule has 1 nitrogen and oxygen atoms in total. The standard InChI is InChI=1S/C8H14O/c1-4-6-8(9)7(3)5-2/h5,7H,2,4,6H2,1,3H3. The molecule has 0 aromatic carbocycles. The molecule has 0 rings (SSSR count). The summed E-state index contributed by atoms with van der Waals surface area (Å²) in [5, 5.41) is 0. The van der Waals surface area contributed by atoms with E-state index in [0.717, 1.165) is 6.42 Å². The van der Waals surface area contributed by atoms with E-state index in [0.29, 0.717) is 12.2 Å². The normalized spacial score (nSPS) is 12.7. The lowest BCUT2D eigenvalue weighted by Crippen LogP contribution is -2.06. The maximum Gasteiger partial charge on any atom is 0.139 e. The Morgan fingerprint density at radius 3 is 2.67 bits per heavy atom. The van der Waals surface area contributed by atoms with Crippen molar-refractivity contribution in [1.29, 1.82) is 0 Å². The zero-order valence-corrected chi connectivity index (χ0v) is 6.18. The molecule has 1 unspecified atom stereocenters. The number of carbonyl (C=O) groups excluding carboxylic acids is 1. The summed E-state index contributed by atoms with van der Waals surface area (Å²) in [5.41, 5.74) is 0. The fourth-order valence-electron chi connectivity index (χ4n) is 0.606. The van der Waals surface area contributed by atoms with E-state index >= 15 is 0 Å². The second-order valence-electron chi connectivity index (χ2n) is 2.24. The number of Topliss-reactive ketones (excluding diaryl/α,β-unsaturated/α-hetero) is 1. The molecule has 52 valence electrons. The number of hydrogen-bond acceptors (Lipinski definition) is 1. The molecular formula is C8H14O. The van der Waals surface area contributed by atoms with E-state index in [1.54, 1.807) is 6.08 Å². The van der Waals surface area contributed by atoms with Gasteiger partial charge in [-0.1, -0.05) is 19.9 Å². The lowest BCUT2D eigenvalue weighted by Gasteiger charge is -2.00. The molecule has 0 spiro atoms. The summed E-state index contributed by atoms with van der Waals surface area (Å²) >= 11 is 0. The SMILES string of the molecule is C=CC(C)C(=O)CCC. The predicted molar refractivity (Wildman–Crippen MR) is 39.3 cm³/mol. The number of hydrogen-bond donors (Lipinski definition) is 0. The minimum Gasteiger partial charge on any atom is -0.299 e. The lowest BCUT2D eigenvalue weighted by molar-refractivity contribution is -0.121. The Bertz CT molecular complexity index is 105. The smallest absolute Gasteiger partial charge is 0.139 e. The average Bonchev–Trinajstić information content (AvgIpc) is 1.87. The summed E-state index contributed by atoms with van der Waals surface area (Å²) in [7, 11) is 0. The molecular weight excluding hydrogens is 112 g/mol. The third kappa shape index (κ3) is 3.07. The number of carbonyl (C=O) groups is 1. The summed E-state index contributed by atoms with van der Waals surface area (Å²) in [6.07, 6.45) is 3.32. The highest BCUT2D eigenvalue weighted by atomic mass is 16.1. The molecule has 0 bridgehead atoms. The summed E-state index contributed by atoms with van der Waals surface area (Å²) in [6.45, 7) is 7.43. The molecule has 0 heterocycles. The quantitative estimate of drug-likeness (QED) is 0.528. The van der Waals surface area contributed by atoms with Crippen LogP contribution in [0.4, 0.5) is 0 Å². The highest BCUT2D eigenvalue weighted by molar-refractivity contribution is 5.82. The summed E-state index contributed by atoms with van der Waals surface area (Å²) in [4.78, 5) is 10.9. The summed E-state index contributed by atoms with van der Waals surface area (Å²) in [6, 6.07) is 0. The first-order chi connectivity index (χ1) is 4.22. The lowest BCUT2D eigenvalue weighted by atomic mass is 10.0. The van der Waals surface area contributed by atoms with Gasteiger partial charge in [-0.3, -0.25) is 4.79 Å². The van der Waals surface area contributed by atoms with Crippen molar-refractivity contribution in [2.45, 2.75) is 26.7 Å². The number of ketones is 1. The van der Waals surface area contributed by atoms with Crippen LogP contribution in [0.15, 0.2) is 12.7 Å². The molecule has 0 aromatic rings. The van der Waals surface area contributed by atoms with Gasteiger partial charge in [-0.05, 0) is 6.42 Å². The predicted octanol–water partition coefficient (Wildman–Crippen LogP) is 2.18. The van der Waals surface area contributed by atoms with Crippen molar-refractivity contribution in [2.75, 3.05) is 0 Å². The maximum absolute atomic E-state index is 10.9. The van der Waals surface area contributed by atoms with Crippen LogP contribution in [0.2, 0.25) is 0 Å². The first-order valence-corrected chi connectivity index (χ1v) is 3.37. The third-order valence-corrected chi connectivity index (χ3v) is 1.36. The molecule has 0 aromatic heterocycles. The van der Waals surface area contributed by atoms with Crippen LogP contribution in [0.5, 0.6) is 0 Å². The summed E-state index contributed by atoms with van der Waals surface area (Å²) in [5.74, 6) is 0.345. The minimum absolute atomic E-state index is 0.0462. The van der Waals surface area contributed by atoms with Gasteiger partial charge >= 0.3 is 0 Å². The van der Waals surface area contributed by atoms with Gasteiger partial charge in [0.05, 0.1) is 0 Å². The van der Waals surface area contributed by atoms with Crippen molar-refractivity contribution in [3.8, 4) is 0 Å². The van der Waals surface area contributed by atoms with E-state index in [2.05, 4.69) is 6.58 Å². The maximum atomic E-state index is 10.9. The van der Waals surface area contributed by atoms with Crippen LogP contribution in [-0.2, 0) is 4.79 Å². The molecule has 0 saturated heterocycles. The van der Waals surface area contributed by atoms with Gasteiger partial charge in [0, 0.05) is 12.3 Å². The molecule has 0 aliphatic carbocycles. The van der Waals surface area contributed by atoms with Crippen LogP contribution >= 0.6 is 0 Å². The van der Waals surface area contributed by atoms with E-state index in [-0.39, 0.29) is 5.92 Å². The molecule has 0 radical (unpaired) electrons. The minimum atomic E-state index is 0.0462. The van der Waals surface area contributed by atoms with Gasteiger partial charge in [-0.25, -0.2) is 0 Å². The van der Waals surface area contributed by atoms with Gasteiger partial charge in [0.2, 0.25) is 0 Å². The van der Waals surface area contributed by atoms with E-state index in [1.807, 2.05) is 13.8 Å². The monoisotopic (exact) mass is 126 g/mol. The Morgan fingerprint density at radius 1 is 1.78 bits per heavy atom. The molecule has 0 aliphatic rings. The highest BCUT2D eigenvalue weighted by Crippen LogP contribution is 2.02. The van der Waals surface area contributed by atoms with Crippen LogP contribution in [0, 0.1) is 5.92 Å². The molecule has 0 aliphatic heterocycles. The second-order valence-corrected chi connectivity index (χ2v) is 2.24. The molecule has 1 atom stereocenters. The molecule has 0 saturated carbocycles. The average molecular weight is 126 g/mol. The zero-order valence-electron chi connectivity index (χ0n) is 6.18. The fraction of sp³-hybridized carbons (Fsp3) is 0.625. The Labute approximate surface area is 56.8 Å². The second kappa shape index (κ2) is 4.30. The highest BCUT2D eigenvalue weighted by Gasteiger charge is 2.05. The van der Waals surface area contributed by atoms with E-state index < -0.39 is 0 Å². The van der Waals surface area contributed by atoms with E-state index in [4.69, 9.17) is 0 Å². The Kier molecular flexibility index (Phi) is 4.02. The van der Waals surface area contributed by atoms with E-state index in [1.165, 1.54) is 0 Å². The largest absolute Gasteiger partial charge is 0.299 e. The van der Waals surface area contributed by atoms with Gasteiger partial charge in [0.15, 0.2) is 0 Å². The Hall–Kier alpha value is -0.590. The van der Waals surface area contributed by atoms with Crippen molar-refractivity contribution in [3.05, 3.63) is 12.7 Å². The zero-order chi connectivity index (χ0) is 7.28. The van der Waals surface area contributed by atoms with Crippen molar-refractivity contribution in [3.63, 3.8) is 0 Å². The third-order valence-electron chi connectivity index (χ3n) is 1.36. The van der Waals surface area contributed by atoms with Crippen LogP contribution in [0.1, 0.15) is 26.7 Å². The van der Waals surface area contributed by atoms with Gasteiger partial charge < -0.3 is 0 Å². The van der Waals surface area contributed by atoms with Gasteiger partial charge in [-0.15, -0.1) is 6.58 Å². The van der Waals surface area contributed by atoms with Crippen molar-refractivity contribution >= 4 is 5.78 Å². The van der Waals surface area contributed by atoms with Crippen LogP contribution in [0.3, 0.4) is 0 Å². The van der Waals surface area contributed by atoms with Gasteiger partial charge in [-0.2, -0.15) is 0 Å². The molecule has 0 amide bonds. The van der Waals surface area contributed by atoms with Gasteiger partial charge in [0.25, 0.3) is 0 Å². The van der Waals surface area contributed by atoms with Crippen molar-refractivity contribution in [2.24, 2.45) is 5.92 Å². The van der Waals surface area contributed by atoms with Crippen molar-refractivity contribution in [1.82, 2.24) is 0 Å². The summed E-state index contributed by atoms with van der Waals surface area (Å²) < 4.78 is 0.